The second-order valence-electron chi connectivity index (χ2n) is 3.99. The first kappa shape index (κ1) is 12.7. The normalized spacial score (nSPS) is 20.1. The summed E-state index contributed by atoms with van der Waals surface area (Å²) in [6, 6.07) is 6.64. The zero-order valence-electron chi connectivity index (χ0n) is 9.57. The quantitative estimate of drug-likeness (QED) is 0.774. The molecule has 0 aliphatic carbocycles. The molecule has 0 fully saturated rings. The van der Waals surface area contributed by atoms with Crippen LogP contribution in [0.1, 0.15) is 0 Å². The van der Waals surface area contributed by atoms with E-state index < -0.39 is 18.0 Å². The number of anilines is 1. The largest absolute Gasteiger partial charge is 0.491 e. The lowest BCUT2D eigenvalue weighted by Crippen LogP contribution is -2.36. The molecule has 1 atom stereocenters. The average Bonchev–Trinajstić information content (AvgIpc) is 2.41. The summed E-state index contributed by atoms with van der Waals surface area (Å²) >= 11 is 0. The predicted molar refractivity (Wildman–Crippen MR) is 59.2 cm³/mol. The average molecular weight is 258 g/mol. The Balaban J connectivity index is 2.26. The number of carbonyl (C=O) groups is 1. The Kier molecular flexibility index (Phi) is 3.19. The van der Waals surface area contributed by atoms with Crippen molar-refractivity contribution in [3.8, 4) is 5.75 Å². The zero-order chi connectivity index (χ0) is 13.3. The number of benzene rings is 1. The van der Waals surface area contributed by atoms with Gasteiger partial charge in [0.2, 0.25) is 5.91 Å². The van der Waals surface area contributed by atoms with Crippen LogP contribution in [-0.2, 0) is 4.79 Å². The third kappa shape index (κ3) is 2.57. The van der Waals surface area contributed by atoms with E-state index >= 15 is 0 Å². The second kappa shape index (κ2) is 4.51. The smallest absolute Gasteiger partial charge is 0.393 e. The zero-order valence-corrected chi connectivity index (χ0v) is 9.57. The monoisotopic (exact) mass is 258 g/mol. The third-order valence-corrected chi connectivity index (χ3v) is 2.68. The summed E-state index contributed by atoms with van der Waals surface area (Å²) in [4.78, 5) is 13.1. The molecule has 1 amide bonds. The molecule has 0 bridgehead atoms. The molecule has 1 aromatic carbocycles. The fourth-order valence-corrected chi connectivity index (χ4v) is 1.82. The number of rotatable bonds is 1. The molecule has 3 nitrogen and oxygen atoms in total. The van der Waals surface area contributed by atoms with Gasteiger partial charge in [0.1, 0.15) is 12.4 Å². The lowest BCUT2D eigenvalue weighted by molar-refractivity contribution is -0.130. The van der Waals surface area contributed by atoms with Crippen molar-refractivity contribution in [3.05, 3.63) is 30.7 Å². The number of halogens is 3. The molecule has 97 valence electrons. The first-order valence-electron chi connectivity index (χ1n) is 5.30. The van der Waals surface area contributed by atoms with Crippen molar-refractivity contribution >= 4 is 11.6 Å². The minimum absolute atomic E-state index is 0.0672. The van der Waals surface area contributed by atoms with Gasteiger partial charge in [-0.3, -0.25) is 4.79 Å². The summed E-state index contributed by atoms with van der Waals surface area (Å²) < 4.78 is 42.2. The van der Waals surface area contributed by atoms with E-state index in [0.717, 1.165) is 0 Å². The van der Waals surface area contributed by atoms with Gasteiger partial charge < -0.3 is 9.64 Å². The molecular weight excluding hydrogens is 247 g/mol. The van der Waals surface area contributed by atoms with Crippen LogP contribution in [0.3, 0.4) is 0 Å². The number of hydrogen-bond donors (Lipinski definition) is 0. The van der Waals surface area contributed by atoms with Gasteiger partial charge >= 0.3 is 6.18 Å². The van der Waals surface area contributed by atoms with Crippen LogP contribution in [0.5, 0.6) is 5.75 Å². The van der Waals surface area contributed by atoms with E-state index in [1.54, 1.807) is 24.3 Å². The van der Waals surface area contributed by atoms with Gasteiger partial charge in [-0.2, -0.15) is 13.2 Å². The predicted octanol–water partition coefficient (Wildman–Crippen LogP) is 2.42. The van der Waals surface area contributed by atoms with E-state index in [9.17, 15) is 18.0 Å². The highest BCUT2D eigenvalue weighted by atomic mass is 19.4. The summed E-state index contributed by atoms with van der Waals surface area (Å²) in [6.07, 6.45) is -4.43. The van der Waals surface area contributed by atoms with Gasteiger partial charge in [-0.25, -0.2) is 0 Å². The molecule has 0 N–H and O–H groups in total. The molecule has 1 heterocycles. The van der Waals surface area contributed by atoms with E-state index in [2.05, 4.69) is 0 Å². The van der Waals surface area contributed by atoms with Crippen molar-refractivity contribution in [2.45, 2.75) is 6.18 Å². The molecule has 18 heavy (non-hydrogen) atoms. The van der Waals surface area contributed by atoms with Crippen molar-refractivity contribution in [2.24, 2.45) is 5.92 Å². The van der Waals surface area contributed by atoms with Crippen LogP contribution >= 0.6 is 0 Å². The van der Waals surface area contributed by atoms with E-state index in [1.807, 2.05) is 0 Å². The number of ether oxygens (including phenoxy) is 1. The number of carbonyl (C=O) groups excluding carboxylic acids is 1. The summed E-state index contributed by atoms with van der Waals surface area (Å²) in [5, 5.41) is 0. The van der Waals surface area contributed by atoms with Crippen LogP contribution in [0.4, 0.5) is 18.9 Å². The van der Waals surface area contributed by atoms with E-state index in [1.165, 1.54) is 11.9 Å². The SMILES string of the molecule is CN1C(=O)[C@@H]([CH]C(F)(F)F)COc2ccccc21. The van der Waals surface area contributed by atoms with Gasteiger partial charge in [-0.05, 0) is 12.1 Å². The fourth-order valence-electron chi connectivity index (χ4n) is 1.82. The standard InChI is InChI=1S/C12H11F3NO2/c1-16-9-4-2-3-5-10(9)18-7-8(11(16)17)6-12(13,14)15/h2-6,8H,7H2,1H3/t8-/m0/s1. The topological polar surface area (TPSA) is 29.5 Å². The van der Waals surface area contributed by atoms with Crippen molar-refractivity contribution < 1.29 is 22.7 Å². The molecule has 1 aliphatic heterocycles. The Hall–Kier alpha value is -1.72. The maximum Gasteiger partial charge on any atom is 0.393 e. The fraction of sp³-hybridized carbons (Fsp3) is 0.333. The Bertz CT molecular complexity index is 459. The third-order valence-electron chi connectivity index (χ3n) is 2.68. The summed E-state index contributed by atoms with van der Waals surface area (Å²) in [5.41, 5.74) is 0.473. The maximum atomic E-state index is 12.3. The van der Waals surface area contributed by atoms with Crippen molar-refractivity contribution in [1.82, 2.24) is 0 Å². The molecule has 1 radical (unpaired) electrons. The van der Waals surface area contributed by atoms with Crippen molar-refractivity contribution in [1.29, 1.82) is 0 Å². The highest BCUT2D eigenvalue weighted by molar-refractivity contribution is 5.97. The molecule has 6 heteroatoms. The molecule has 0 saturated heterocycles. The van der Waals surface area contributed by atoms with Crippen LogP contribution in [-0.4, -0.2) is 25.7 Å². The van der Waals surface area contributed by atoms with E-state index in [4.69, 9.17) is 4.74 Å². The van der Waals surface area contributed by atoms with Gasteiger partial charge in [0.15, 0.2) is 0 Å². The molecule has 0 spiro atoms. The minimum Gasteiger partial charge on any atom is -0.491 e. The number of hydrogen-bond acceptors (Lipinski definition) is 2. The van der Waals surface area contributed by atoms with Crippen LogP contribution < -0.4 is 9.64 Å². The maximum absolute atomic E-state index is 12.3. The van der Waals surface area contributed by atoms with Gasteiger partial charge in [-0.1, -0.05) is 12.1 Å². The van der Waals surface area contributed by atoms with Crippen LogP contribution in [0.25, 0.3) is 0 Å². The molecule has 1 aliphatic rings. The first-order chi connectivity index (χ1) is 8.38. The minimum atomic E-state index is -4.50. The molecule has 0 aromatic heterocycles. The Morgan fingerprint density at radius 3 is 2.72 bits per heavy atom. The first-order valence-corrected chi connectivity index (χ1v) is 5.30. The van der Waals surface area contributed by atoms with E-state index in [0.29, 0.717) is 11.4 Å². The number of amides is 1. The molecule has 1 aromatic rings. The van der Waals surface area contributed by atoms with Gasteiger partial charge in [0.25, 0.3) is 0 Å². The molecule has 0 unspecified atom stereocenters. The number of alkyl halides is 3. The van der Waals surface area contributed by atoms with Crippen LogP contribution in [0.15, 0.2) is 24.3 Å². The lowest BCUT2D eigenvalue weighted by atomic mass is 10.1. The number of fused-ring (bicyclic) bond motifs is 1. The highest BCUT2D eigenvalue weighted by Gasteiger charge is 2.39. The Morgan fingerprint density at radius 2 is 2.06 bits per heavy atom. The molecular formula is C12H11F3NO2. The molecule has 0 saturated carbocycles. The van der Waals surface area contributed by atoms with Gasteiger partial charge in [0, 0.05) is 7.05 Å². The van der Waals surface area contributed by atoms with E-state index in [-0.39, 0.29) is 13.0 Å². The second-order valence-corrected chi connectivity index (χ2v) is 3.99. The Morgan fingerprint density at radius 1 is 1.39 bits per heavy atom. The summed E-state index contributed by atoms with van der Waals surface area (Å²) in [6.45, 7) is -0.306. The molecule has 2 rings (SSSR count). The highest BCUT2D eigenvalue weighted by Crippen LogP contribution is 2.34. The van der Waals surface area contributed by atoms with Crippen LogP contribution in [0.2, 0.25) is 0 Å². The van der Waals surface area contributed by atoms with Crippen molar-refractivity contribution in [3.63, 3.8) is 0 Å². The summed E-state index contributed by atoms with van der Waals surface area (Å²) in [5.74, 6) is -1.54. The number of para-hydroxylation sites is 2. The van der Waals surface area contributed by atoms with Crippen molar-refractivity contribution in [2.75, 3.05) is 18.6 Å². The number of nitrogens with zero attached hydrogens (tertiary/aromatic N) is 1. The van der Waals surface area contributed by atoms with Gasteiger partial charge in [0.05, 0.1) is 18.0 Å². The summed E-state index contributed by atoms with van der Waals surface area (Å²) in [7, 11) is 1.44. The Labute approximate surface area is 102 Å². The van der Waals surface area contributed by atoms with Gasteiger partial charge in [-0.15, -0.1) is 0 Å². The lowest BCUT2D eigenvalue weighted by Gasteiger charge is -2.20. The van der Waals surface area contributed by atoms with Crippen LogP contribution in [0, 0.1) is 12.3 Å².